The Morgan fingerprint density at radius 1 is 1.43 bits per heavy atom. The molecule has 1 saturated heterocycles. The van der Waals surface area contributed by atoms with Crippen LogP contribution in [0.3, 0.4) is 0 Å². The molecule has 9 heteroatoms. The number of aryl methyl sites for hydroxylation is 2. The van der Waals surface area contributed by atoms with E-state index in [-0.39, 0.29) is 23.7 Å². The van der Waals surface area contributed by atoms with Crippen LogP contribution in [0.25, 0.3) is 0 Å². The summed E-state index contributed by atoms with van der Waals surface area (Å²) >= 11 is 0. The van der Waals surface area contributed by atoms with Crippen molar-refractivity contribution in [2.75, 3.05) is 26.7 Å². The number of imidazole rings is 1. The quantitative estimate of drug-likeness (QED) is 0.841. The zero-order valence-electron chi connectivity index (χ0n) is 13.4. The highest BCUT2D eigenvalue weighted by Gasteiger charge is 2.33. The van der Waals surface area contributed by atoms with Gasteiger partial charge in [-0.1, -0.05) is 5.16 Å². The van der Waals surface area contributed by atoms with Crippen LogP contribution in [0.5, 0.6) is 0 Å². The van der Waals surface area contributed by atoms with Crippen LogP contribution in [0.15, 0.2) is 17.2 Å². The summed E-state index contributed by atoms with van der Waals surface area (Å²) in [5.41, 5.74) is 1.71. The van der Waals surface area contributed by atoms with Crippen LogP contribution < -0.4 is 5.32 Å². The normalized spacial score (nSPS) is 22.2. The number of rotatable bonds is 4. The van der Waals surface area contributed by atoms with Crippen molar-refractivity contribution in [2.24, 2.45) is 7.05 Å². The van der Waals surface area contributed by atoms with E-state index in [1.54, 1.807) is 13.3 Å². The molecule has 1 N–H and O–H groups in total. The van der Waals surface area contributed by atoms with Crippen molar-refractivity contribution < 1.29 is 14.2 Å². The third-order valence-corrected chi connectivity index (χ3v) is 4.09. The van der Waals surface area contributed by atoms with E-state index < -0.39 is 0 Å². The van der Waals surface area contributed by atoms with E-state index in [1.165, 1.54) is 0 Å². The number of ether oxygens (including phenoxy) is 1. The van der Waals surface area contributed by atoms with Gasteiger partial charge in [0.2, 0.25) is 0 Å². The van der Waals surface area contributed by atoms with Crippen molar-refractivity contribution in [3.63, 3.8) is 0 Å². The van der Waals surface area contributed by atoms with Gasteiger partial charge in [-0.05, 0) is 19.1 Å². The van der Waals surface area contributed by atoms with Gasteiger partial charge in [0, 0.05) is 26.3 Å². The first-order chi connectivity index (χ1) is 11.1. The van der Waals surface area contributed by atoms with Crippen molar-refractivity contribution in [2.45, 2.75) is 19.1 Å². The maximum atomic E-state index is 12.2. The minimum absolute atomic E-state index is 0.0214. The average Bonchev–Trinajstić information content (AvgIpc) is 3.13. The number of carbonyl (C=O) groups excluding carboxylic acids is 1. The summed E-state index contributed by atoms with van der Waals surface area (Å²) < 4.78 is 12.4. The minimum Gasteiger partial charge on any atom is -0.373 e. The van der Waals surface area contributed by atoms with Crippen molar-refractivity contribution in [3.05, 3.63) is 29.6 Å². The first-order valence-corrected chi connectivity index (χ1v) is 7.43. The molecule has 2 atom stereocenters. The van der Waals surface area contributed by atoms with Gasteiger partial charge in [-0.15, -0.1) is 0 Å². The van der Waals surface area contributed by atoms with Crippen LogP contribution in [0.1, 0.15) is 27.9 Å². The van der Waals surface area contributed by atoms with Gasteiger partial charge in [0.15, 0.2) is 5.69 Å². The number of aromatic nitrogens is 4. The average molecular weight is 320 g/mol. The van der Waals surface area contributed by atoms with Gasteiger partial charge in [-0.3, -0.25) is 9.69 Å². The molecule has 0 unspecified atom stereocenters. The van der Waals surface area contributed by atoms with Crippen LogP contribution in [0.2, 0.25) is 0 Å². The van der Waals surface area contributed by atoms with Gasteiger partial charge in [0.1, 0.15) is 5.69 Å². The van der Waals surface area contributed by atoms with E-state index in [1.807, 2.05) is 24.9 Å². The molecule has 2 aromatic rings. The third-order valence-electron chi connectivity index (χ3n) is 4.09. The molecule has 3 rings (SSSR count). The maximum Gasteiger partial charge on any atom is 0.275 e. The Morgan fingerprint density at radius 3 is 2.91 bits per heavy atom. The van der Waals surface area contributed by atoms with Crippen LogP contribution in [-0.4, -0.2) is 63.5 Å². The van der Waals surface area contributed by atoms with Gasteiger partial charge in [-0.2, -0.15) is 0 Å². The molecule has 0 spiro atoms. The fraction of sp³-hybridized carbons (Fsp3) is 0.571. The highest BCUT2D eigenvalue weighted by atomic mass is 16.6. The second-order valence-corrected chi connectivity index (χ2v) is 5.67. The molecule has 1 fully saturated rings. The first-order valence-electron chi connectivity index (χ1n) is 7.43. The number of hydrogen-bond donors (Lipinski definition) is 1. The first kappa shape index (κ1) is 15.6. The fourth-order valence-electron chi connectivity index (χ4n) is 2.82. The third kappa shape index (κ3) is 3.10. The number of carbonyl (C=O) groups is 1. The standard InChI is InChI=1S/C14H20N6O3/c1-9-12(18-23-17-9)14(21)16-7-11-13(19(2)4-5-22-11)10-6-15-8-20(10)3/h6,8,11,13H,4-5,7H2,1-3H3,(H,16,21)/t11-,13-/m0/s1. The lowest BCUT2D eigenvalue weighted by molar-refractivity contribution is -0.0626. The van der Waals surface area contributed by atoms with Gasteiger partial charge in [-0.25, -0.2) is 9.61 Å². The van der Waals surface area contributed by atoms with Crippen LogP contribution >= 0.6 is 0 Å². The number of likely N-dealkylation sites (N-methyl/N-ethyl adjacent to an activating group) is 1. The van der Waals surface area contributed by atoms with E-state index in [4.69, 9.17) is 4.74 Å². The second kappa shape index (κ2) is 6.47. The molecule has 0 saturated carbocycles. The monoisotopic (exact) mass is 320 g/mol. The second-order valence-electron chi connectivity index (χ2n) is 5.67. The Balaban J connectivity index is 1.71. The Labute approximate surface area is 133 Å². The van der Waals surface area contributed by atoms with Crippen LogP contribution in [-0.2, 0) is 11.8 Å². The predicted molar refractivity (Wildman–Crippen MR) is 79.7 cm³/mol. The zero-order chi connectivity index (χ0) is 16.4. The number of amides is 1. The molecule has 1 aliphatic rings. The van der Waals surface area contributed by atoms with Crippen molar-refractivity contribution in [3.8, 4) is 0 Å². The summed E-state index contributed by atoms with van der Waals surface area (Å²) in [6.07, 6.45) is 3.42. The van der Waals surface area contributed by atoms with Gasteiger partial charge < -0.3 is 14.6 Å². The molecule has 23 heavy (non-hydrogen) atoms. The van der Waals surface area contributed by atoms with E-state index >= 15 is 0 Å². The van der Waals surface area contributed by atoms with E-state index in [0.717, 1.165) is 12.2 Å². The number of nitrogens with one attached hydrogen (secondary N) is 1. The summed E-state index contributed by atoms with van der Waals surface area (Å²) in [7, 11) is 3.99. The summed E-state index contributed by atoms with van der Waals surface area (Å²) in [6.45, 7) is 3.49. The number of nitrogens with zero attached hydrogens (tertiary/aromatic N) is 5. The van der Waals surface area contributed by atoms with Crippen LogP contribution in [0, 0.1) is 6.92 Å². The Kier molecular flexibility index (Phi) is 4.39. The van der Waals surface area contributed by atoms with Crippen LogP contribution in [0.4, 0.5) is 0 Å². The van der Waals surface area contributed by atoms with Gasteiger partial charge >= 0.3 is 0 Å². The maximum absolute atomic E-state index is 12.2. The Morgan fingerprint density at radius 2 is 2.26 bits per heavy atom. The predicted octanol–water partition coefficient (Wildman–Crippen LogP) is -0.0868. The van der Waals surface area contributed by atoms with Gasteiger partial charge in [0.25, 0.3) is 5.91 Å². The molecular formula is C14H20N6O3. The molecule has 1 amide bonds. The number of hydrogen-bond acceptors (Lipinski definition) is 7. The minimum atomic E-state index is -0.315. The lowest BCUT2D eigenvalue weighted by atomic mass is 10.0. The molecule has 0 bridgehead atoms. The molecular weight excluding hydrogens is 300 g/mol. The Bertz CT molecular complexity index is 682. The van der Waals surface area contributed by atoms with Crippen molar-refractivity contribution in [1.29, 1.82) is 0 Å². The highest BCUT2D eigenvalue weighted by Crippen LogP contribution is 2.27. The lowest BCUT2D eigenvalue weighted by Gasteiger charge is -2.39. The molecule has 0 aromatic carbocycles. The lowest BCUT2D eigenvalue weighted by Crippen LogP contribution is -2.48. The molecule has 0 radical (unpaired) electrons. The Hall–Kier alpha value is -2.26. The SMILES string of the molecule is Cc1nonc1C(=O)NC[C@@H]1OCCN(C)[C@H]1c1cncn1C. The van der Waals surface area contributed by atoms with Crippen molar-refractivity contribution >= 4 is 5.91 Å². The van der Waals surface area contributed by atoms with E-state index in [9.17, 15) is 4.79 Å². The molecule has 9 nitrogen and oxygen atoms in total. The number of morpholine rings is 1. The summed E-state index contributed by atoms with van der Waals surface area (Å²) in [6, 6.07) is 0.0214. The summed E-state index contributed by atoms with van der Waals surface area (Å²) in [5.74, 6) is -0.315. The van der Waals surface area contributed by atoms with Crippen molar-refractivity contribution in [1.82, 2.24) is 30.1 Å². The highest BCUT2D eigenvalue weighted by molar-refractivity contribution is 5.92. The summed E-state index contributed by atoms with van der Waals surface area (Å²) in [5, 5.41) is 10.1. The van der Waals surface area contributed by atoms with Gasteiger partial charge in [0.05, 0.1) is 30.8 Å². The fourth-order valence-corrected chi connectivity index (χ4v) is 2.82. The summed E-state index contributed by atoms with van der Waals surface area (Å²) in [4.78, 5) is 18.5. The zero-order valence-corrected chi connectivity index (χ0v) is 13.4. The molecule has 1 aliphatic heterocycles. The largest absolute Gasteiger partial charge is 0.373 e. The molecule has 0 aliphatic carbocycles. The van der Waals surface area contributed by atoms with E-state index in [2.05, 4.69) is 30.1 Å². The van der Waals surface area contributed by atoms with E-state index in [0.29, 0.717) is 18.8 Å². The molecule has 3 heterocycles. The topological polar surface area (TPSA) is 98.3 Å². The molecule has 124 valence electrons. The molecule has 2 aromatic heterocycles. The smallest absolute Gasteiger partial charge is 0.275 e.